The van der Waals surface area contributed by atoms with E-state index < -0.39 is 5.60 Å². The molecule has 1 aromatic carbocycles. The van der Waals surface area contributed by atoms with Gasteiger partial charge in [0.1, 0.15) is 6.33 Å². The van der Waals surface area contributed by atoms with Crippen molar-refractivity contribution in [3.63, 3.8) is 0 Å². The van der Waals surface area contributed by atoms with Crippen molar-refractivity contribution in [3.8, 4) is 0 Å². The summed E-state index contributed by atoms with van der Waals surface area (Å²) >= 11 is 0. The van der Waals surface area contributed by atoms with E-state index in [2.05, 4.69) is 69.6 Å². The molecule has 6 nitrogen and oxygen atoms in total. The van der Waals surface area contributed by atoms with Gasteiger partial charge in [-0.1, -0.05) is 37.3 Å². The van der Waals surface area contributed by atoms with Gasteiger partial charge in [0.05, 0.1) is 5.60 Å². The van der Waals surface area contributed by atoms with E-state index in [1.165, 1.54) is 18.3 Å². The number of aromatic amines is 1. The zero-order valence-electron chi connectivity index (χ0n) is 17.1. The van der Waals surface area contributed by atoms with Crippen molar-refractivity contribution in [1.29, 1.82) is 0 Å². The molecular weight excluding hydrogens is 350 g/mol. The molecular formula is C22H33N5O. The Labute approximate surface area is 167 Å². The van der Waals surface area contributed by atoms with Crippen LogP contribution in [-0.2, 0) is 5.41 Å². The van der Waals surface area contributed by atoms with Gasteiger partial charge in [-0.05, 0) is 51.0 Å². The summed E-state index contributed by atoms with van der Waals surface area (Å²) in [6.07, 6.45) is 7.29. The number of hydrogen-bond donors (Lipinski definition) is 3. The van der Waals surface area contributed by atoms with Gasteiger partial charge in [0.25, 0.3) is 0 Å². The van der Waals surface area contributed by atoms with Crippen LogP contribution < -0.4 is 5.32 Å². The molecule has 3 heterocycles. The second kappa shape index (κ2) is 7.48. The number of benzene rings is 1. The maximum absolute atomic E-state index is 11.3. The third kappa shape index (κ3) is 3.94. The Bertz CT molecular complexity index is 766. The van der Waals surface area contributed by atoms with Crippen LogP contribution in [0.1, 0.15) is 57.9 Å². The van der Waals surface area contributed by atoms with Crippen LogP contribution in [0.25, 0.3) is 0 Å². The van der Waals surface area contributed by atoms with Crippen molar-refractivity contribution in [3.05, 3.63) is 42.2 Å². The SMILES string of the molecule is CC1(c2ccccc2)CCC2(C)CC(O)(CCCNc3ncn[nH]3)CCN2C1. The summed E-state index contributed by atoms with van der Waals surface area (Å²) < 4.78 is 0. The summed E-state index contributed by atoms with van der Waals surface area (Å²) in [6, 6.07) is 10.9. The van der Waals surface area contributed by atoms with Crippen LogP contribution in [0.5, 0.6) is 0 Å². The monoisotopic (exact) mass is 383 g/mol. The van der Waals surface area contributed by atoms with Gasteiger partial charge in [0.15, 0.2) is 0 Å². The van der Waals surface area contributed by atoms with E-state index in [1.807, 2.05) is 0 Å². The zero-order valence-corrected chi connectivity index (χ0v) is 17.1. The van der Waals surface area contributed by atoms with Crippen LogP contribution in [0.3, 0.4) is 0 Å². The first kappa shape index (κ1) is 19.4. The lowest BCUT2D eigenvalue weighted by molar-refractivity contribution is -0.110. The molecule has 28 heavy (non-hydrogen) atoms. The van der Waals surface area contributed by atoms with Crippen molar-refractivity contribution in [2.24, 2.45) is 0 Å². The molecule has 0 amide bonds. The summed E-state index contributed by atoms with van der Waals surface area (Å²) in [4.78, 5) is 6.72. The van der Waals surface area contributed by atoms with E-state index in [0.29, 0.717) is 5.95 Å². The number of H-pyrrole nitrogens is 1. The van der Waals surface area contributed by atoms with Crippen LogP contribution in [0.2, 0.25) is 0 Å². The molecule has 152 valence electrons. The lowest BCUT2D eigenvalue weighted by Crippen LogP contribution is -2.63. The number of hydrogen-bond acceptors (Lipinski definition) is 5. The number of anilines is 1. The first-order valence-electron chi connectivity index (χ1n) is 10.5. The Hall–Kier alpha value is -1.92. The minimum absolute atomic E-state index is 0.0969. The van der Waals surface area contributed by atoms with Gasteiger partial charge in [0, 0.05) is 30.6 Å². The minimum Gasteiger partial charge on any atom is -0.390 e. The molecule has 2 aromatic rings. The molecule has 2 aliphatic heterocycles. The zero-order chi connectivity index (χ0) is 19.7. The van der Waals surface area contributed by atoms with Crippen molar-refractivity contribution >= 4 is 5.95 Å². The van der Waals surface area contributed by atoms with E-state index in [1.54, 1.807) is 0 Å². The summed E-state index contributed by atoms with van der Waals surface area (Å²) in [5.41, 5.74) is 1.18. The van der Waals surface area contributed by atoms with Crippen molar-refractivity contribution < 1.29 is 5.11 Å². The number of rotatable bonds is 6. The smallest absolute Gasteiger partial charge is 0.218 e. The van der Waals surface area contributed by atoms with E-state index in [9.17, 15) is 5.11 Å². The van der Waals surface area contributed by atoms with Crippen LogP contribution in [0.15, 0.2) is 36.7 Å². The van der Waals surface area contributed by atoms with Crippen LogP contribution in [0, 0.1) is 0 Å². The Kier molecular flexibility index (Phi) is 5.19. The first-order chi connectivity index (χ1) is 13.4. The Morgan fingerprint density at radius 3 is 2.75 bits per heavy atom. The molecule has 0 bridgehead atoms. The normalized spacial score (nSPS) is 33.4. The Morgan fingerprint density at radius 1 is 1.18 bits per heavy atom. The summed E-state index contributed by atoms with van der Waals surface area (Å²) in [6.45, 7) is 7.61. The number of nitrogens with one attached hydrogen (secondary N) is 2. The maximum Gasteiger partial charge on any atom is 0.218 e. The van der Waals surface area contributed by atoms with Crippen LogP contribution in [-0.4, -0.2) is 56.0 Å². The molecule has 4 rings (SSSR count). The lowest BCUT2D eigenvalue weighted by Gasteiger charge is -2.57. The molecule has 0 saturated carbocycles. The summed E-state index contributed by atoms with van der Waals surface area (Å²) in [5.74, 6) is 0.696. The molecule has 0 spiro atoms. The van der Waals surface area contributed by atoms with E-state index in [0.717, 1.165) is 51.7 Å². The fourth-order valence-corrected chi connectivity index (χ4v) is 5.29. The average molecular weight is 384 g/mol. The second-order valence-electron chi connectivity index (χ2n) is 9.36. The highest BCUT2D eigenvalue weighted by atomic mass is 16.3. The molecule has 3 N–H and O–H groups in total. The largest absolute Gasteiger partial charge is 0.390 e. The fourth-order valence-electron chi connectivity index (χ4n) is 5.29. The molecule has 2 saturated heterocycles. The molecule has 3 unspecified atom stereocenters. The van der Waals surface area contributed by atoms with E-state index in [-0.39, 0.29) is 11.0 Å². The van der Waals surface area contributed by atoms with Crippen LogP contribution >= 0.6 is 0 Å². The van der Waals surface area contributed by atoms with Crippen molar-refractivity contribution in [1.82, 2.24) is 20.1 Å². The van der Waals surface area contributed by atoms with Gasteiger partial charge in [-0.2, -0.15) is 5.10 Å². The molecule has 0 radical (unpaired) electrons. The number of aliphatic hydroxyl groups is 1. The van der Waals surface area contributed by atoms with E-state index >= 15 is 0 Å². The van der Waals surface area contributed by atoms with Gasteiger partial charge in [-0.15, -0.1) is 0 Å². The van der Waals surface area contributed by atoms with Gasteiger partial charge in [0.2, 0.25) is 5.95 Å². The number of piperidine rings is 2. The Morgan fingerprint density at radius 2 is 2.00 bits per heavy atom. The molecule has 2 aliphatic rings. The minimum atomic E-state index is -0.561. The predicted octanol–water partition coefficient (Wildman–Crippen LogP) is 3.33. The quantitative estimate of drug-likeness (QED) is 0.667. The molecule has 2 fully saturated rings. The predicted molar refractivity (Wildman–Crippen MR) is 111 cm³/mol. The molecule has 0 aliphatic carbocycles. The van der Waals surface area contributed by atoms with Gasteiger partial charge in [-0.3, -0.25) is 4.90 Å². The topological polar surface area (TPSA) is 77.1 Å². The highest BCUT2D eigenvalue weighted by Gasteiger charge is 2.50. The van der Waals surface area contributed by atoms with Crippen LogP contribution in [0.4, 0.5) is 5.95 Å². The van der Waals surface area contributed by atoms with Crippen molar-refractivity contribution in [2.75, 3.05) is 25.0 Å². The lowest BCUT2D eigenvalue weighted by atomic mass is 9.65. The number of nitrogens with zero attached hydrogens (tertiary/aromatic N) is 3. The Balaban J connectivity index is 1.34. The third-order valence-electron chi connectivity index (χ3n) is 7.07. The standard InChI is InChI=1S/C22H33N5O/c1-20(18-7-4-3-5-8-18)10-11-21(2)15-22(28,12-14-27(21)16-20)9-6-13-23-19-24-17-25-26-19/h3-5,7-8,17,28H,6,9-16H2,1-2H3,(H2,23,24,25,26). The molecule has 3 atom stereocenters. The average Bonchev–Trinajstić information content (AvgIpc) is 3.20. The van der Waals surface area contributed by atoms with Gasteiger partial charge < -0.3 is 10.4 Å². The maximum atomic E-state index is 11.3. The van der Waals surface area contributed by atoms with E-state index in [4.69, 9.17) is 0 Å². The molecule has 1 aromatic heterocycles. The van der Waals surface area contributed by atoms with Gasteiger partial charge in [-0.25, -0.2) is 10.1 Å². The summed E-state index contributed by atoms with van der Waals surface area (Å²) in [5, 5.41) is 21.2. The highest BCUT2D eigenvalue weighted by Crippen LogP contribution is 2.47. The first-order valence-corrected chi connectivity index (χ1v) is 10.5. The highest BCUT2D eigenvalue weighted by molar-refractivity contribution is 5.27. The number of aromatic nitrogens is 3. The molecule has 6 heteroatoms. The number of fused-ring (bicyclic) bond motifs is 1. The van der Waals surface area contributed by atoms with Gasteiger partial charge >= 0.3 is 0 Å². The van der Waals surface area contributed by atoms with Crippen molar-refractivity contribution in [2.45, 2.75) is 68.9 Å². The second-order valence-corrected chi connectivity index (χ2v) is 9.36. The third-order valence-corrected chi connectivity index (χ3v) is 7.07. The summed E-state index contributed by atoms with van der Waals surface area (Å²) in [7, 11) is 0. The fraction of sp³-hybridized carbons (Fsp3) is 0.636.